The van der Waals surface area contributed by atoms with Crippen molar-refractivity contribution in [1.29, 1.82) is 0 Å². The molecule has 9 heteroatoms. The summed E-state index contributed by atoms with van der Waals surface area (Å²) in [5, 5.41) is 19.8. The number of nitrogens with zero attached hydrogens (tertiary/aromatic N) is 2. The van der Waals surface area contributed by atoms with Crippen LogP contribution in [0.4, 0.5) is 14.9 Å². The number of aromatic amines is 1. The summed E-state index contributed by atoms with van der Waals surface area (Å²) in [5.41, 5.74) is -0.354. The van der Waals surface area contributed by atoms with Gasteiger partial charge in [0.15, 0.2) is 0 Å². The van der Waals surface area contributed by atoms with Crippen LogP contribution in [-0.4, -0.2) is 32.3 Å². The first-order valence-corrected chi connectivity index (χ1v) is 5.93. The van der Waals surface area contributed by atoms with Gasteiger partial charge in [0.2, 0.25) is 0 Å². The SMILES string of the molecule is CC(NC(=O)Nc1cc(C(=O)O)ccc1F)c1ncn[nH]1. The van der Waals surface area contributed by atoms with Gasteiger partial charge in [0.05, 0.1) is 17.3 Å². The quantitative estimate of drug-likeness (QED) is 0.681. The van der Waals surface area contributed by atoms with Crippen molar-refractivity contribution in [3.05, 3.63) is 41.7 Å². The smallest absolute Gasteiger partial charge is 0.335 e. The number of halogens is 1. The lowest BCUT2D eigenvalue weighted by atomic mass is 10.2. The van der Waals surface area contributed by atoms with Gasteiger partial charge < -0.3 is 15.7 Å². The highest BCUT2D eigenvalue weighted by Crippen LogP contribution is 2.16. The first-order valence-electron chi connectivity index (χ1n) is 5.93. The molecule has 110 valence electrons. The molecule has 0 saturated carbocycles. The predicted octanol–water partition coefficient (Wildman–Crippen LogP) is 1.52. The highest BCUT2D eigenvalue weighted by molar-refractivity contribution is 5.93. The number of amides is 2. The average molecular weight is 293 g/mol. The number of anilines is 1. The molecule has 4 N–H and O–H groups in total. The maximum absolute atomic E-state index is 13.5. The van der Waals surface area contributed by atoms with Crippen molar-refractivity contribution in [2.24, 2.45) is 0 Å². The molecular weight excluding hydrogens is 281 g/mol. The van der Waals surface area contributed by atoms with E-state index in [2.05, 4.69) is 25.8 Å². The summed E-state index contributed by atoms with van der Waals surface area (Å²) < 4.78 is 13.5. The monoisotopic (exact) mass is 293 g/mol. The van der Waals surface area contributed by atoms with E-state index in [-0.39, 0.29) is 11.3 Å². The van der Waals surface area contributed by atoms with E-state index in [1.54, 1.807) is 6.92 Å². The number of hydrogen-bond donors (Lipinski definition) is 4. The van der Waals surface area contributed by atoms with Crippen LogP contribution in [0.25, 0.3) is 0 Å². The molecule has 0 saturated heterocycles. The van der Waals surface area contributed by atoms with E-state index in [1.165, 1.54) is 6.33 Å². The largest absolute Gasteiger partial charge is 0.478 e. The molecule has 1 atom stereocenters. The third-order valence-corrected chi connectivity index (χ3v) is 2.65. The Morgan fingerprint density at radius 3 is 2.81 bits per heavy atom. The zero-order valence-electron chi connectivity index (χ0n) is 10.9. The molecule has 1 unspecified atom stereocenters. The number of carbonyl (C=O) groups excluding carboxylic acids is 1. The van der Waals surface area contributed by atoms with Gasteiger partial charge in [-0.05, 0) is 25.1 Å². The molecule has 0 aliphatic rings. The number of carbonyl (C=O) groups is 2. The highest BCUT2D eigenvalue weighted by atomic mass is 19.1. The minimum atomic E-state index is -1.21. The van der Waals surface area contributed by atoms with Gasteiger partial charge in [-0.3, -0.25) is 5.10 Å². The van der Waals surface area contributed by atoms with Gasteiger partial charge in [0.25, 0.3) is 0 Å². The Bertz CT molecular complexity index is 659. The molecule has 0 spiro atoms. The second kappa shape index (κ2) is 5.99. The maximum atomic E-state index is 13.5. The lowest BCUT2D eigenvalue weighted by molar-refractivity contribution is 0.0697. The standard InChI is InChI=1S/C12H12FN5O3/c1-6(10-14-5-15-18-10)16-12(21)17-9-4-7(11(19)20)2-3-8(9)13/h2-6H,1H3,(H,19,20)(H,14,15,18)(H2,16,17,21). The zero-order valence-corrected chi connectivity index (χ0v) is 10.9. The third-order valence-electron chi connectivity index (χ3n) is 2.65. The van der Waals surface area contributed by atoms with Crippen LogP contribution in [0.1, 0.15) is 29.1 Å². The number of carboxylic acids is 1. The van der Waals surface area contributed by atoms with Crippen molar-refractivity contribution in [3.8, 4) is 0 Å². The summed E-state index contributed by atoms with van der Waals surface area (Å²) in [6.07, 6.45) is 1.29. The van der Waals surface area contributed by atoms with Crippen molar-refractivity contribution in [1.82, 2.24) is 20.5 Å². The van der Waals surface area contributed by atoms with E-state index < -0.39 is 23.9 Å². The van der Waals surface area contributed by atoms with Crippen LogP contribution in [0.2, 0.25) is 0 Å². The molecule has 2 aromatic rings. The number of nitrogens with one attached hydrogen (secondary N) is 3. The molecule has 0 bridgehead atoms. The van der Waals surface area contributed by atoms with E-state index in [9.17, 15) is 14.0 Å². The van der Waals surface area contributed by atoms with E-state index in [0.717, 1.165) is 18.2 Å². The first-order chi connectivity index (χ1) is 9.97. The number of carboxylic acid groups (broad SMARTS) is 1. The number of rotatable bonds is 4. The molecular formula is C12H12FN5O3. The van der Waals surface area contributed by atoms with Gasteiger partial charge in [0.1, 0.15) is 18.0 Å². The van der Waals surface area contributed by atoms with E-state index in [1.807, 2.05) is 0 Å². The summed E-state index contributed by atoms with van der Waals surface area (Å²) >= 11 is 0. The summed E-state index contributed by atoms with van der Waals surface area (Å²) in [5.74, 6) is -1.51. The number of hydrogen-bond acceptors (Lipinski definition) is 4. The molecule has 0 radical (unpaired) electrons. The van der Waals surface area contributed by atoms with Gasteiger partial charge in [-0.2, -0.15) is 5.10 Å². The highest BCUT2D eigenvalue weighted by Gasteiger charge is 2.14. The number of H-pyrrole nitrogens is 1. The lowest BCUT2D eigenvalue weighted by Gasteiger charge is -2.13. The molecule has 8 nitrogen and oxygen atoms in total. The molecule has 21 heavy (non-hydrogen) atoms. The normalized spacial score (nSPS) is 11.7. The molecule has 1 heterocycles. The Morgan fingerprint density at radius 1 is 1.43 bits per heavy atom. The summed E-state index contributed by atoms with van der Waals surface area (Å²) in [4.78, 5) is 26.4. The summed E-state index contributed by atoms with van der Waals surface area (Å²) in [7, 11) is 0. The number of aromatic nitrogens is 3. The third kappa shape index (κ3) is 3.53. The molecule has 0 aliphatic carbocycles. The fourth-order valence-electron chi connectivity index (χ4n) is 1.60. The Kier molecular flexibility index (Phi) is 4.12. The Hall–Kier alpha value is -2.97. The average Bonchev–Trinajstić information content (AvgIpc) is 2.95. The van der Waals surface area contributed by atoms with Crippen LogP contribution in [0.5, 0.6) is 0 Å². The Labute approximate surface area is 118 Å². The van der Waals surface area contributed by atoms with Crippen molar-refractivity contribution >= 4 is 17.7 Å². The minimum Gasteiger partial charge on any atom is -0.478 e. The van der Waals surface area contributed by atoms with Gasteiger partial charge in [-0.25, -0.2) is 19.0 Å². The van der Waals surface area contributed by atoms with Crippen molar-refractivity contribution < 1.29 is 19.1 Å². The number of benzene rings is 1. The maximum Gasteiger partial charge on any atom is 0.335 e. The summed E-state index contributed by atoms with van der Waals surface area (Å²) in [6, 6.07) is 1.95. The fourth-order valence-corrected chi connectivity index (χ4v) is 1.60. The van der Waals surface area contributed by atoms with Gasteiger partial charge in [-0.15, -0.1) is 0 Å². The second-order valence-corrected chi connectivity index (χ2v) is 4.19. The molecule has 1 aromatic heterocycles. The van der Waals surface area contributed by atoms with E-state index >= 15 is 0 Å². The van der Waals surface area contributed by atoms with Crippen LogP contribution in [-0.2, 0) is 0 Å². The predicted molar refractivity (Wildman–Crippen MR) is 70.3 cm³/mol. The molecule has 2 rings (SSSR count). The number of urea groups is 1. The number of aromatic carboxylic acids is 1. The first kappa shape index (κ1) is 14.4. The topological polar surface area (TPSA) is 120 Å². The minimum absolute atomic E-state index is 0.130. The van der Waals surface area contributed by atoms with Crippen molar-refractivity contribution in [2.75, 3.05) is 5.32 Å². The molecule has 2 amide bonds. The van der Waals surface area contributed by atoms with Gasteiger partial charge >= 0.3 is 12.0 Å². The van der Waals surface area contributed by atoms with Crippen LogP contribution >= 0.6 is 0 Å². The fraction of sp³-hybridized carbons (Fsp3) is 0.167. The van der Waals surface area contributed by atoms with Gasteiger partial charge in [-0.1, -0.05) is 0 Å². The van der Waals surface area contributed by atoms with Gasteiger partial charge in [0, 0.05) is 0 Å². The summed E-state index contributed by atoms with van der Waals surface area (Å²) in [6.45, 7) is 1.66. The Balaban J connectivity index is 2.05. The van der Waals surface area contributed by atoms with Crippen LogP contribution in [0, 0.1) is 5.82 Å². The molecule has 0 aliphatic heterocycles. The Morgan fingerprint density at radius 2 is 2.19 bits per heavy atom. The lowest BCUT2D eigenvalue weighted by Crippen LogP contribution is -2.32. The van der Waals surface area contributed by atoms with Crippen LogP contribution in [0.3, 0.4) is 0 Å². The zero-order chi connectivity index (χ0) is 15.4. The van der Waals surface area contributed by atoms with Crippen LogP contribution < -0.4 is 10.6 Å². The van der Waals surface area contributed by atoms with Crippen LogP contribution in [0.15, 0.2) is 24.5 Å². The van der Waals surface area contributed by atoms with Crippen molar-refractivity contribution in [3.63, 3.8) is 0 Å². The molecule has 0 fully saturated rings. The van der Waals surface area contributed by atoms with Crippen molar-refractivity contribution in [2.45, 2.75) is 13.0 Å². The van der Waals surface area contributed by atoms with E-state index in [0.29, 0.717) is 5.82 Å². The van der Waals surface area contributed by atoms with E-state index in [4.69, 9.17) is 5.11 Å². The second-order valence-electron chi connectivity index (χ2n) is 4.19. The molecule has 1 aromatic carbocycles.